The Kier molecular flexibility index (Phi) is 3.42. The van der Waals surface area contributed by atoms with Crippen LogP contribution in [0.2, 0.25) is 0 Å². The van der Waals surface area contributed by atoms with Crippen molar-refractivity contribution in [3.63, 3.8) is 0 Å². The molecule has 17 heavy (non-hydrogen) atoms. The number of carbonyl (C=O) groups excluding carboxylic acids is 1. The molecule has 3 nitrogen and oxygen atoms in total. The Bertz CT molecular complexity index is 457. The lowest BCUT2D eigenvalue weighted by molar-refractivity contribution is -0.120. The summed E-state index contributed by atoms with van der Waals surface area (Å²) in [7, 11) is 0. The highest BCUT2D eigenvalue weighted by molar-refractivity contribution is 5.93. The number of anilines is 2. The number of nitrogens with one attached hydrogen (secondary N) is 1. The number of hydrogen-bond acceptors (Lipinski definition) is 2. The first-order valence-electron chi connectivity index (χ1n) is 5.67. The molecular formula is C13H15FN2O. The largest absolute Gasteiger partial charge is 0.399 e. The summed E-state index contributed by atoms with van der Waals surface area (Å²) in [6.07, 6.45) is 6.48. The summed E-state index contributed by atoms with van der Waals surface area (Å²) in [6.45, 7) is 0. The monoisotopic (exact) mass is 234 g/mol. The third kappa shape index (κ3) is 2.84. The predicted octanol–water partition coefficient (Wildman–Crippen LogP) is 2.70. The number of carbonyl (C=O) groups is 1. The molecule has 1 aromatic rings. The number of allylic oxidation sites excluding steroid dienone is 2. The van der Waals surface area contributed by atoms with Crippen molar-refractivity contribution >= 4 is 17.3 Å². The van der Waals surface area contributed by atoms with Crippen molar-refractivity contribution < 1.29 is 9.18 Å². The van der Waals surface area contributed by atoms with Gasteiger partial charge in [-0.2, -0.15) is 0 Å². The van der Waals surface area contributed by atoms with Crippen molar-refractivity contribution in [1.82, 2.24) is 0 Å². The molecule has 1 amide bonds. The lowest BCUT2D eigenvalue weighted by Crippen LogP contribution is -2.24. The van der Waals surface area contributed by atoms with Gasteiger partial charge < -0.3 is 11.1 Å². The molecule has 90 valence electrons. The van der Waals surface area contributed by atoms with Crippen molar-refractivity contribution in [1.29, 1.82) is 0 Å². The standard InChI is InChI=1S/C13H15FN2O/c14-11-7-6-10(15)8-12(11)16-13(17)9-4-2-1-3-5-9/h1-2,6-9H,3-5,15H2,(H,16,17). The summed E-state index contributed by atoms with van der Waals surface area (Å²) in [4.78, 5) is 11.9. The maximum absolute atomic E-state index is 13.4. The molecule has 1 aliphatic carbocycles. The van der Waals surface area contributed by atoms with Gasteiger partial charge in [0, 0.05) is 11.6 Å². The summed E-state index contributed by atoms with van der Waals surface area (Å²) in [5.74, 6) is -0.668. The first-order valence-corrected chi connectivity index (χ1v) is 5.67. The number of halogens is 1. The summed E-state index contributed by atoms with van der Waals surface area (Å²) >= 11 is 0. The molecule has 4 heteroatoms. The summed E-state index contributed by atoms with van der Waals surface area (Å²) < 4.78 is 13.4. The van der Waals surface area contributed by atoms with Crippen LogP contribution in [0.1, 0.15) is 19.3 Å². The topological polar surface area (TPSA) is 55.1 Å². The van der Waals surface area contributed by atoms with Gasteiger partial charge in [0.15, 0.2) is 0 Å². The molecule has 1 unspecified atom stereocenters. The maximum atomic E-state index is 13.4. The van der Waals surface area contributed by atoms with Gasteiger partial charge in [-0.15, -0.1) is 0 Å². The molecule has 0 spiro atoms. The van der Waals surface area contributed by atoms with Crippen LogP contribution in [0.4, 0.5) is 15.8 Å². The fraction of sp³-hybridized carbons (Fsp3) is 0.308. The first-order chi connectivity index (χ1) is 8.16. The molecular weight excluding hydrogens is 219 g/mol. The zero-order valence-corrected chi connectivity index (χ0v) is 9.45. The number of hydrogen-bond donors (Lipinski definition) is 2. The number of amides is 1. The van der Waals surface area contributed by atoms with E-state index in [1.165, 1.54) is 18.2 Å². The molecule has 0 heterocycles. The van der Waals surface area contributed by atoms with Crippen LogP contribution in [-0.4, -0.2) is 5.91 Å². The van der Waals surface area contributed by atoms with Gasteiger partial charge in [-0.25, -0.2) is 4.39 Å². The molecule has 0 saturated heterocycles. The van der Waals surface area contributed by atoms with Crippen molar-refractivity contribution in [2.24, 2.45) is 5.92 Å². The van der Waals surface area contributed by atoms with Crippen LogP contribution in [0.3, 0.4) is 0 Å². The van der Waals surface area contributed by atoms with Crippen LogP contribution in [-0.2, 0) is 4.79 Å². The molecule has 0 fully saturated rings. The lowest BCUT2D eigenvalue weighted by Gasteiger charge is -2.17. The molecule has 0 bridgehead atoms. The zero-order valence-electron chi connectivity index (χ0n) is 9.45. The van der Waals surface area contributed by atoms with Gasteiger partial charge in [0.2, 0.25) is 5.91 Å². The normalized spacial score (nSPS) is 19.0. The van der Waals surface area contributed by atoms with Gasteiger partial charge in [0.25, 0.3) is 0 Å². The minimum Gasteiger partial charge on any atom is -0.399 e. The van der Waals surface area contributed by atoms with E-state index >= 15 is 0 Å². The van der Waals surface area contributed by atoms with E-state index in [1.807, 2.05) is 6.08 Å². The fourth-order valence-electron chi connectivity index (χ4n) is 1.91. The highest BCUT2D eigenvalue weighted by Gasteiger charge is 2.19. The number of benzene rings is 1. The second kappa shape index (κ2) is 4.99. The van der Waals surface area contributed by atoms with Crippen LogP contribution in [0.25, 0.3) is 0 Å². The molecule has 1 aromatic carbocycles. The van der Waals surface area contributed by atoms with Crippen LogP contribution >= 0.6 is 0 Å². The molecule has 1 atom stereocenters. The highest BCUT2D eigenvalue weighted by Crippen LogP contribution is 2.22. The average molecular weight is 234 g/mol. The number of nitrogens with two attached hydrogens (primary N) is 1. The number of nitrogen functional groups attached to an aromatic ring is 1. The van der Waals surface area contributed by atoms with Gasteiger partial charge >= 0.3 is 0 Å². The first kappa shape index (κ1) is 11.6. The summed E-state index contributed by atoms with van der Waals surface area (Å²) in [5, 5.41) is 2.59. The van der Waals surface area contributed by atoms with E-state index in [0.717, 1.165) is 19.3 Å². The lowest BCUT2D eigenvalue weighted by atomic mass is 9.93. The van der Waals surface area contributed by atoms with E-state index in [-0.39, 0.29) is 17.5 Å². The smallest absolute Gasteiger partial charge is 0.227 e. The minimum atomic E-state index is -0.459. The van der Waals surface area contributed by atoms with Crippen molar-refractivity contribution in [3.8, 4) is 0 Å². The highest BCUT2D eigenvalue weighted by atomic mass is 19.1. The molecule has 2 rings (SSSR count). The predicted molar refractivity (Wildman–Crippen MR) is 65.9 cm³/mol. The van der Waals surface area contributed by atoms with Gasteiger partial charge in [-0.3, -0.25) is 4.79 Å². The van der Waals surface area contributed by atoms with Gasteiger partial charge in [-0.1, -0.05) is 12.2 Å². The fourth-order valence-corrected chi connectivity index (χ4v) is 1.91. The Balaban J connectivity index is 2.07. The number of rotatable bonds is 2. The average Bonchev–Trinajstić information content (AvgIpc) is 2.35. The van der Waals surface area contributed by atoms with E-state index in [4.69, 9.17) is 5.73 Å². The Morgan fingerprint density at radius 1 is 1.41 bits per heavy atom. The SMILES string of the molecule is Nc1ccc(F)c(NC(=O)C2CC=CCC2)c1. The Labute approximate surface area is 99.5 Å². The van der Waals surface area contributed by atoms with E-state index in [0.29, 0.717) is 5.69 Å². The summed E-state index contributed by atoms with van der Waals surface area (Å²) in [6, 6.07) is 4.16. The van der Waals surface area contributed by atoms with E-state index in [1.54, 1.807) is 0 Å². The van der Waals surface area contributed by atoms with E-state index in [9.17, 15) is 9.18 Å². The Hall–Kier alpha value is -1.84. The molecule has 0 saturated carbocycles. The van der Waals surface area contributed by atoms with E-state index in [2.05, 4.69) is 11.4 Å². The second-order valence-electron chi connectivity index (χ2n) is 4.21. The van der Waals surface area contributed by atoms with Crippen LogP contribution in [0, 0.1) is 11.7 Å². The van der Waals surface area contributed by atoms with E-state index < -0.39 is 5.82 Å². The van der Waals surface area contributed by atoms with Crippen molar-refractivity contribution in [2.45, 2.75) is 19.3 Å². The molecule has 3 N–H and O–H groups in total. The molecule has 0 radical (unpaired) electrons. The Morgan fingerprint density at radius 2 is 2.24 bits per heavy atom. The third-order valence-electron chi connectivity index (χ3n) is 2.89. The zero-order chi connectivity index (χ0) is 12.3. The minimum absolute atomic E-state index is 0.0687. The Morgan fingerprint density at radius 3 is 2.94 bits per heavy atom. The van der Waals surface area contributed by atoms with Gasteiger partial charge in [-0.05, 0) is 37.5 Å². The molecule has 1 aliphatic rings. The third-order valence-corrected chi connectivity index (χ3v) is 2.89. The van der Waals surface area contributed by atoms with Crippen LogP contribution < -0.4 is 11.1 Å². The van der Waals surface area contributed by atoms with Crippen LogP contribution in [0.15, 0.2) is 30.4 Å². The van der Waals surface area contributed by atoms with Crippen LogP contribution in [0.5, 0.6) is 0 Å². The van der Waals surface area contributed by atoms with Gasteiger partial charge in [0.1, 0.15) is 5.82 Å². The molecule has 0 aliphatic heterocycles. The summed E-state index contributed by atoms with van der Waals surface area (Å²) in [5.41, 5.74) is 6.14. The van der Waals surface area contributed by atoms with Crippen molar-refractivity contribution in [2.75, 3.05) is 11.1 Å². The van der Waals surface area contributed by atoms with Crippen molar-refractivity contribution in [3.05, 3.63) is 36.2 Å². The quantitative estimate of drug-likeness (QED) is 0.610. The maximum Gasteiger partial charge on any atom is 0.227 e. The second-order valence-corrected chi connectivity index (χ2v) is 4.21. The van der Waals surface area contributed by atoms with Gasteiger partial charge in [0.05, 0.1) is 5.69 Å². The molecule has 0 aromatic heterocycles.